The molecule has 1 N–H and O–H groups in total. The van der Waals surface area contributed by atoms with Crippen LogP contribution in [-0.4, -0.2) is 80.6 Å². The molecule has 2 atom stereocenters. The van der Waals surface area contributed by atoms with Crippen LogP contribution >= 0.6 is 0 Å². The highest BCUT2D eigenvalue weighted by Crippen LogP contribution is 2.14. The van der Waals surface area contributed by atoms with Gasteiger partial charge >= 0.3 is 17.9 Å². The lowest BCUT2D eigenvalue weighted by atomic mass is 10.1. The predicted molar refractivity (Wildman–Crippen MR) is 234 cm³/mol. The van der Waals surface area contributed by atoms with Gasteiger partial charge in [-0.05, 0) is 70.6 Å². The van der Waals surface area contributed by atoms with Gasteiger partial charge in [-0.25, -0.2) is 4.79 Å². The standard InChI is InChI=1S/C48H85NO7/c1-6-8-10-12-14-16-18-20-21-22-23-24-25-27-28-30-32-34-36-38-46(50)55-43-44(42-54-41-40-45(48(52)53)49(3,4)5)56-47(51)39-37-35-33-31-29-26-19-17-15-13-11-9-7-2/h8,10,14,16,20-21,26,29,44-45H,6-7,9,11-13,15,17-19,22-25,27-28,30-43H2,1-5H3/p+1/b10-8+,16-14+,21-20+,29-26+. The Morgan fingerprint density at radius 1 is 0.554 bits per heavy atom. The van der Waals surface area contributed by atoms with E-state index in [0.29, 0.717) is 19.3 Å². The summed E-state index contributed by atoms with van der Waals surface area (Å²) in [5, 5.41) is 9.62. The van der Waals surface area contributed by atoms with E-state index in [2.05, 4.69) is 62.5 Å². The number of quaternary nitrogens is 1. The maximum atomic E-state index is 12.7. The molecule has 0 radical (unpaired) electrons. The molecule has 0 aromatic heterocycles. The summed E-state index contributed by atoms with van der Waals surface area (Å²) in [5.74, 6) is -1.49. The van der Waals surface area contributed by atoms with E-state index in [1.165, 1.54) is 77.0 Å². The van der Waals surface area contributed by atoms with E-state index in [-0.39, 0.29) is 36.2 Å². The lowest BCUT2D eigenvalue weighted by molar-refractivity contribution is -0.887. The first-order valence-electron chi connectivity index (χ1n) is 22.7. The van der Waals surface area contributed by atoms with Crippen LogP contribution in [0.2, 0.25) is 0 Å². The molecule has 324 valence electrons. The minimum atomic E-state index is -0.879. The molecule has 0 rings (SSSR count). The summed E-state index contributed by atoms with van der Waals surface area (Å²) in [7, 11) is 5.52. The fraction of sp³-hybridized carbons (Fsp3) is 0.771. The van der Waals surface area contributed by atoms with Gasteiger partial charge in [0.25, 0.3) is 0 Å². The van der Waals surface area contributed by atoms with Gasteiger partial charge in [-0.1, -0.05) is 146 Å². The molecule has 0 amide bonds. The van der Waals surface area contributed by atoms with Crippen LogP contribution in [0.15, 0.2) is 48.6 Å². The first-order valence-corrected chi connectivity index (χ1v) is 22.7. The quantitative estimate of drug-likeness (QED) is 0.0286. The number of ether oxygens (including phenoxy) is 3. The van der Waals surface area contributed by atoms with Gasteiger partial charge in [0.15, 0.2) is 12.1 Å². The largest absolute Gasteiger partial charge is 0.477 e. The monoisotopic (exact) mass is 789 g/mol. The number of carbonyl (C=O) groups excluding carboxylic acids is 2. The first kappa shape index (κ1) is 53.3. The molecule has 0 saturated heterocycles. The number of carboxylic acid groups (broad SMARTS) is 1. The highest BCUT2D eigenvalue weighted by Gasteiger charge is 2.31. The Bertz CT molecular complexity index is 1060. The van der Waals surface area contributed by atoms with Crippen molar-refractivity contribution < 1.29 is 38.2 Å². The lowest BCUT2D eigenvalue weighted by Gasteiger charge is -2.31. The van der Waals surface area contributed by atoms with Gasteiger partial charge in [0.2, 0.25) is 0 Å². The van der Waals surface area contributed by atoms with Crippen molar-refractivity contribution >= 4 is 17.9 Å². The van der Waals surface area contributed by atoms with E-state index >= 15 is 0 Å². The highest BCUT2D eigenvalue weighted by molar-refractivity contribution is 5.72. The first-order chi connectivity index (χ1) is 27.1. The average Bonchev–Trinajstić information content (AvgIpc) is 3.15. The Kier molecular flexibility index (Phi) is 37.2. The second-order valence-corrected chi connectivity index (χ2v) is 16.3. The zero-order valence-electron chi connectivity index (χ0n) is 36.8. The van der Waals surface area contributed by atoms with Crippen molar-refractivity contribution in [3.05, 3.63) is 48.6 Å². The average molecular weight is 789 g/mol. The normalized spacial score (nSPS) is 13.4. The number of aliphatic carboxylic acids is 1. The minimum absolute atomic E-state index is 0.0532. The van der Waals surface area contributed by atoms with Gasteiger partial charge in [0, 0.05) is 19.3 Å². The van der Waals surface area contributed by atoms with E-state index in [9.17, 15) is 19.5 Å². The fourth-order valence-electron chi connectivity index (χ4n) is 6.45. The Hall–Kier alpha value is -2.71. The molecule has 0 aliphatic carbocycles. The van der Waals surface area contributed by atoms with E-state index in [1.54, 1.807) is 0 Å². The summed E-state index contributed by atoms with van der Waals surface area (Å²) < 4.78 is 17.3. The Morgan fingerprint density at radius 2 is 1.00 bits per heavy atom. The SMILES string of the molecule is CC/C=C/C/C=C/C/C=C/CCCCCCCCCCCC(=O)OCC(COCCC(C(=O)O)[N+](C)(C)C)OC(=O)CCCCC/C=C/CCCCCCCC. The second-order valence-electron chi connectivity index (χ2n) is 16.3. The topological polar surface area (TPSA) is 99.1 Å². The number of unbranched alkanes of at least 4 members (excludes halogenated alkanes) is 18. The third-order valence-electron chi connectivity index (χ3n) is 9.96. The van der Waals surface area contributed by atoms with Crippen molar-refractivity contribution in [2.45, 2.75) is 199 Å². The number of likely N-dealkylation sites (N-methyl/N-ethyl adjacent to an activating group) is 1. The Balaban J connectivity index is 4.31. The molecule has 0 aliphatic rings. The summed E-state index contributed by atoms with van der Waals surface area (Å²) in [5.41, 5.74) is 0. The van der Waals surface area contributed by atoms with Crippen molar-refractivity contribution in [1.29, 1.82) is 0 Å². The molecule has 8 heteroatoms. The van der Waals surface area contributed by atoms with Crippen LogP contribution in [0.5, 0.6) is 0 Å². The fourth-order valence-corrected chi connectivity index (χ4v) is 6.45. The highest BCUT2D eigenvalue weighted by atomic mass is 16.6. The molecule has 8 nitrogen and oxygen atoms in total. The number of allylic oxidation sites excluding steroid dienone is 8. The van der Waals surface area contributed by atoms with Gasteiger partial charge in [-0.3, -0.25) is 9.59 Å². The molecule has 0 saturated carbocycles. The molecule has 0 aromatic rings. The number of esters is 2. The van der Waals surface area contributed by atoms with Gasteiger partial charge in [-0.2, -0.15) is 0 Å². The van der Waals surface area contributed by atoms with E-state index in [1.807, 2.05) is 21.1 Å². The molecular formula is C48H86NO7+. The lowest BCUT2D eigenvalue weighted by Crippen LogP contribution is -2.50. The molecular weight excluding hydrogens is 703 g/mol. The zero-order chi connectivity index (χ0) is 41.4. The molecule has 0 fully saturated rings. The Labute approximate surface area is 344 Å². The number of carbonyl (C=O) groups is 3. The summed E-state index contributed by atoms with van der Waals surface area (Å²) in [6, 6.07) is -0.618. The zero-order valence-corrected chi connectivity index (χ0v) is 36.8. The molecule has 0 aromatic carbocycles. The van der Waals surface area contributed by atoms with Crippen LogP contribution in [0.25, 0.3) is 0 Å². The molecule has 56 heavy (non-hydrogen) atoms. The van der Waals surface area contributed by atoms with Crippen molar-refractivity contribution in [3.8, 4) is 0 Å². The van der Waals surface area contributed by atoms with E-state index in [0.717, 1.165) is 77.0 Å². The van der Waals surface area contributed by atoms with Crippen LogP contribution in [-0.2, 0) is 28.6 Å². The van der Waals surface area contributed by atoms with Crippen LogP contribution in [0, 0.1) is 0 Å². The maximum Gasteiger partial charge on any atom is 0.362 e. The van der Waals surface area contributed by atoms with Crippen LogP contribution in [0.4, 0.5) is 0 Å². The van der Waals surface area contributed by atoms with E-state index < -0.39 is 18.1 Å². The number of nitrogens with zero attached hydrogens (tertiary/aromatic N) is 1. The predicted octanol–water partition coefficient (Wildman–Crippen LogP) is 12.4. The molecule has 0 aliphatic heterocycles. The minimum Gasteiger partial charge on any atom is -0.477 e. The summed E-state index contributed by atoms with van der Waals surface area (Å²) in [4.78, 5) is 37.0. The third kappa shape index (κ3) is 36.9. The maximum absolute atomic E-state index is 12.7. The van der Waals surface area contributed by atoms with Crippen LogP contribution in [0.3, 0.4) is 0 Å². The van der Waals surface area contributed by atoms with Crippen molar-refractivity contribution in [3.63, 3.8) is 0 Å². The van der Waals surface area contributed by atoms with Crippen LogP contribution < -0.4 is 0 Å². The molecule has 2 unspecified atom stereocenters. The number of hydrogen-bond acceptors (Lipinski definition) is 6. The molecule has 0 bridgehead atoms. The number of hydrogen-bond donors (Lipinski definition) is 1. The Morgan fingerprint density at radius 3 is 1.52 bits per heavy atom. The van der Waals surface area contributed by atoms with Gasteiger partial charge in [-0.15, -0.1) is 0 Å². The van der Waals surface area contributed by atoms with Crippen LogP contribution in [0.1, 0.15) is 187 Å². The van der Waals surface area contributed by atoms with Crippen molar-refractivity contribution in [1.82, 2.24) is 0 Å². The van der Waals surface area contributed by atoms with Crippen molar-refractivity contribution in [2.75, 3.05) is 41.0 Å². The van der Waals surface area contributed by atoms with Gasteiger partial charge in [0.1, 0.15) is 6.61 Å². The summed E-state index contributed by atoms with van der Waals surface area (Å²) in [6.07, 6.45) is 45.8. The molecule has 0 heterocycles. The number of rotatable bonds is 40. The number of carboxylic acids is 1. The molecule has 0 spiro atoms. The summed E-state index contributed by atoms with van der Waals surface area (Å²) in [6.45, 7) is 4.60. The van der Waals surface area contributed by atoms with Gasteiger partial charge < -0.3 is 23.8 Å². The van der Waals surface area contributed by atoms with E-state index in [4.69, 9.17) is 14.2 Å². The summed E-state index contributed by atoms with van der Waals surface area (Å²) >= 11 is 0. The van der Waals surface area contributed by atoms with Crippen molar-refractivity contribution in [2.24, 2.45) is 0 Å². The van der Waals surface area contributed by atoms with Gasteiger partial charge in [0.05, 0.1) is 34.4 Å². The smallest absolute Gasteiger partial charge is 0.362 e. The second kappa shape index (κ2) is 39.1. The third-order valence-corrected chi connectivity index (χ3v) is 9.96.